The summed E-state index contributed by atoms with van der Waals surface area (Å²) in [5.41, 5.74) is 2.83. The van der Waals surface area contributed by atoms with Crippen LogP contribution in [0.5, 0.6) is 0 Å². The summed E-state index contributed by atoms with van der Waals surface area (Å²) in [6.07, 6.45) is 1.17. The zero-order chi connectivity index (χ0) is 13.2. The molecule has 0 aliphatic carbocycles. The first-order valence-corrected chi connectivity index (χ1v) is 6.92. The molecule has 1 aromatic carbocycles. The van der Waals surface area contributed by atoms with Crippen molar-refractivity contribution in [2.45, 2.75) is 45.6 Å². The maximum Gasteiger partial charge on any atom is 0.0514 e. The standard InChI is InChI=1S/C16H25NO/c1-12(13-9-10-18-11-13)17-15-8-6-5-7-14(15)16(2,3)4/h5-8,12-13,17H,9-11H2,1-4H3. The van der Waals surface area contributed by atoms with Gasteiger partial charge in [0.15, 0.2) is 0 Å². The van der Waals surface area contributed by atoms with E-state index in [4.69, 9.17) is 4.74 Å². The van der Waals surface area contributed by atoms with Crippen LogP contribution >= 0.6 is 0 Å². The molecule has 1 aliphatic heterocycles. The van der Waals surface area contributed by atoms with Crippen LogP contribution in [0.3, 0.4) is 0 Å². The van der Waals surface area contributed by atoms with Crippen molar-refractivity contribution in [2.24, 2.45) is 5.92 Å². The van der Waals surface area contributed by atoms with Crippen LogP contribution in [0.25, 0.3) is 0 Å². The van der Waals surface area contributed by atoms with Gasteiger partial charge >= 0.3 is 0 Å². The van der Waals surface area contributed by atoms with Crippen LogP contribution in [0.15, 0.2) is 24.3 Å². The lowest BCUT2D eigenvalue weighted by molar-refractivity contribution is 0.183. The highest BCUT2D eigenvalue weighted by Crippen LogP contribution is 2.30. The Hall–Kier alpha value is -1.02. The van der Waals surface area contributed by atoms with Gasteiger partial charge in [-0.15, -0.1) is 0 Å². The van der Waals surface area contributed by atoms with Crippen molar-refractivity contribution in [3.8, 4) is 0 Å². The molecule has 1 aromatic rings. The first-order chi connectivity index (χ1) is 8.48. The number of nitrogens with one attached hydrogen (secondary N) is 1. The number of benzene rings is 1. The van der Waals surface area contributed by atoms with Crippen molar-refractivity contribution < 1.29 is 4.74 Å². The molecule has 0 aromatic heterocycles. The van der Waals surface area contributed by atoms with Crippen LogP contribution in [-0.2, 0) is 10.2 Å². The third-order valence-electron chi connectivity index (χ3n) is 3.79. The fraction of sp³-hybridized carbons (Fsp3) is 0.625. The number of ether oxygens (including phenoxy) is 1. The quantitative estimate of drug-likeness (QED) is 0.876. The number of hydrogen-bond donors (Lipinski definition) is 1. The number of rotatable bonds is 3. The Morgan fingerprint density at radius 3 is 2.61 bits per heavy atom. The van der Waals surface area contributed by atoms with Gasteiger partial charge in [0.25, 0.3) is 0 Å². The second kappa shape index (κ2) is 5.31. The molecule has 0 saturated carbocycles. The van der Waals surface area contributed by atoms with Gasteiger partial charge in [-0.2, -0.15) is 0 Å². The molecule has 1 fully saturated rings. The first kappa shape index (κ1) is 13.4. The van der Waals surface area contributed by atoms with E-state index in [0.717, 1.165) is 13.2 Å². The van der Waals surface area contributed by atoms with Gasteiger partial charge in [-0.1, -0.05) is 39.0 Å². The van der Waals surface area contributed by atoms with Gasteiger partial charge in [0.2, 0.25) is 0 Å². The van der Waals surface area contributed by atoms with E-state index >= 15 is 0 Å². The Morgan fingerprint density at radius 1 is 1.28 bits per heavy atom. The average Bonchev–Trinajstić information content (AvgIpc) is 2.81. The molecule has 2 nitrogen and oxygen atoms in total. The molecule has 0 radical (unpaired) electrons. The monoisotopic (exact) mass is 247 g/mol. The highest BCUT2D eigenvalue weighted by atomic mass is 16.5. The Morgan fingerprint density at radius 2 is 2.00 bits per heavy atom. The van der Waals surface area contributed by atoms with Crippen molar-refractivity contribution in [3.63, 3.8) is 0 Å². The molecule has 0 bridgehead atoms. The van der Waals surface area contributed by atoms with Crippen molar-refractivity contribution in [1.29, 1.82) is 0 Å². The SMILES string of the molecule is CC(Nc1ccccc1C(C)(C)C)C1CCOC1. The van der Waals surface area contributed by atoms with Crippen LogP contribution in [0.4, 0.5) is 5.69 Å². The van der Waals surface area contributed by atoms with Crippen LogP contribution in [0, 0.1) is 5.92 Å². The van der Waals surface area contributed by atoms with Crippen molar-refractivity contribution in [3.05, 3.63) is 29.8 Å². The summed E-state index contributed by atoms with van der Waals surface area (Å²) >= 11 is 0. The summed E-state index contributed by atoms with van der Waals surface area (Å²) in [5, 5.41) is 3.68. The zero-order valence-corrected chi connectivity index (χ0v) is 12.0. The molecule has 18 heavy (non-hydrogen) atoms. The van der Waals surface area contributed by atoms with Crippen LogP contribution in [-0.4, -0.2) is 19.3 Å². The van der Waals surface area contributed by atoms with Gasteiger partial charge in [0.1, 0.15) is 0 Å². The summed E-state index contributed by atoms with van der Waals surface area (Å²) < 4.78 is 5.47. The van der Waals surface area contributed by atoms with E-state index in [2.05, 4.69) is 57.3 Å². The summed E-state index contributed by atoms with van der Waals surface area (Å²) in [7, 11) is 0. The Bertz CT molecular complexity index is 388. The molecule has 2 unspecified atom stereocenters. The molecule has 100 valence electrons. The Kier molecular flexibility index (Phi) is 3.96. The minimum absolute atomic E-state index is 0.176. The molecule has 0 spiro atoms. The van der Waals surface area contributed by atoms with E-state index in [1.165, 1.54) is 17.7 Å². The summed E-state index contributed by atoms with van der Waals surface area (Å²) in [6, 6.07) is 9.11. The van der Waals surface area contributed by atoms with Crippen LogP contribution in [0.1, 0.15) is 39.7 Å². The smallest absolute Gasteiger partial charge is 0.0514 e. The van der Waals surface area contributed by atoms with Crippen molar-refractivity contribution >= 4 is 5.69 Å². The van der Waals surface area contributed by atoms with E-state index in [-0.39, 0.29) is 5.41 Å². The van der Waals surface area contributed by atoms with Crippen molar-refractivity contribution in [2.75, 3.05) is 18.5 Å². The lowest BCUT2D eigenvalue weighted by Crippen LogP contribution is -2.27. The van der Waals surface area contributed by atoms with Gasteiger partial charge < -0.3 is 10.1 Å². The van der Waals surface area contributed by atoms with Gasteiger partial charge in [0.05, 0.1) is 6.61 Å². The lowest BCUT2D eigenvalue weighted by atomic mass is 9.85. The van der Waals surface area contributed by atoms with Crippen LogP contribution in [0.2, 0.25) is 0 Å². The second-order valence-corrected chi connectivity index (χ2v) is 6.35. The summed E-state index contributed by atoms with van der Waals surface area (Å²) in [5.74, 6) is 0.637. The van der Waals surface area contributed by atoms with E-state index in [0.29, 0.717) is 12.0 Å². The molecule has 2 rings (SSSR count). The predicted octanol–water partition coefficient (Wildman–Crippen LogP) is 3.82. The highest BCUT2D eigenvalue weighted by Gasteiger charge is 2.24. The Labute approximate surface area is 111 Å². The lowest BCUT2D eigenvalue weighted by Gasteiger charge is -2.27. The highest BCUT2D eigenvalue weighted by molar-refractivity contribution is 5.54. The first-order valence-electron chi connectivity index (χ1n) is 6.92. The molecule has 0 amide bonds. The maximum atomic E-state index is 5.47. The molecule has 1 aliphatic rings. The second-order valence-electron chi connectivity index (χ2n) is 6.35. The third-order valence-corrected chi connectivity index (χ3v) is 3.79. The van der Waals surface area contributed by atoms with E-state index < -0.39 is 0 Å². The summed E-state index contributed by atoms with van der Waals surface area (Å²) in [6.45, 7) is 10.9. The summed E-state index contributed by atoms with van der Waals surface area (Å²) in [4.78, 5) is 0. The van der Waals surface area contributed by atoms with Gasteiger partial charge in [-0.25, -0.2) is 0 Å². The third kappa shape index (κ3) is 3.05. The molecular weight excluding hydrogens is 222 g/mol. The minimum Gasteiger partial charge on any atom is -0.382 e. The molecule has 1 heterocycles. The van der Waals surface area contributed by atoms with Gasteiger partial charge in [0, 0.05) is 24.3 Å². The largest absolute Gasteiger partial charge is 0.382 e. The van der Waals surface area contributed by atoms with E-state index in [1.807, 2.05) is 0 Å². The fourth-order valence-corrected chi connectivity index (χ4v) is 2.57. The molecule has 2 heteroatoms. The minimum atomic E-state index is 0.176. The normalized spacial score (nSPS) is 21.9. The van der Waals surface area contributed by atoms with Crippen LogP contribution < -0.4 is 5.32 Å². The zero-order valence-electron chi connectivity index (χ0n) is 12.0. The average molecular weight is 247 g/mol. The molecule has 1 N–H and O–H groups in total. The van der Waals surface area contributed by atoms with Crippen molar-refractivity contribution in [1.82, 2.24) is 0 Å². The Balaban J connectivity index is 2.13. The topological polar surface area (TPSA) is 21.3 Å². The van der Waals surface area contributed by atoms with Gasteiger partial charge in [-0.3, -0.25) is 0 Å². The predicted molar refractivity (Wildman–Crippen MR) is 77.2 cm³/mol. The number of para-hydroxylation sites is 1. The van der Waals surface area contributed by atoms with E-state index in [9.17, 15) is 0 Å². The fourth-order valence-electron chi connectivity index (χ4n) is 2.57. The number of hydrogen-bond acceptors (Lipinski definition) is 2. The molecule has 1 saturated heterocycles. The molecule has 2 atom stereocenters. The van der Waals surface area contributed by atoms with E-state index in [1.54, 1.807) is 0 Å². The number of anilines is 1. The van der Waals surface area contributed by atoms with Gasteiger partial charge in [-0.05, 0) is 30.4 Å². The maximum absolute atomic E-state index is 5.47. The molecular formula is C16H25NO.